The van der Waals surface area contributed by atoms with Gasteiger partial charge in [0.25, 0.3) is 0 Å². The smallest absolute Gasteiger partial charge is 0.126 e. The van der Waals surface area contributed by atoms with Gasteiger partial charge in [-0.2, -0.15) is 0 Å². The molecule has 1 heterocycles. The van der Waals surface area contributed by atoms with Crippen molar-refractivity contribution in [3.05, 3.63) is 36.5 Å². The van der Waals surface area contributed by atoms with Crippen molar-refractivity contribution in [2.24, 2.45) is 5.92 Å². The van der Waals surface area contributed by atoms with E-state index in [1.165, 1.54) is 5.56 Å². The van der Waals surface area contributed by atoms with Crippen LogP contribution in [-0.4, -0.2) is 11.0 Å². The zero-order chi connectivity index (χ0) is 11.3. The molecule has 1 N–H and O–H groups in total. The molecular formula is C13H20N2. The molecule has 15 heavy (non-hydrogen) atoms. The lowest BCUT2D eigenvalue weighted by atomic mass is 10.00. The Morgan fingerprint density at radius 1 is 1.47 bits per heavy atom. The Labute approximate surface area is 92.4 Å². The average Bonchev–Trinajstić information content (AvgIpc) is 2.22. The Morgan fingerprint density at radius 3 is 2.73 bits per heavy atom. The van der Waals surface area contributed by atoms with Crippen molar-refractivity contribution in [1.29, 1.82) is 0 Å². The van der Waals surface area contributed by atoms with Gasteiger partial charge in [-0.05, 0) is 37.8 Å². The standard InChI is InChI=1S/C13H20N2/c1-5-6-11(3)12(4)15-13-8-7-10(2)9-14-13/h5,7-9,11-12H,1,6H2,2-4H3,(H,14,15). The molecule has 0 radical (unpaired) electrons. The van der Waals surface area contributed by atoms with Crippen LogP contribution in [0.2, 0.25) is 0 Å². The highest BCUT2D eigenvalue weighted by molar-refractivity contribution is 5.36. The molecule has 0 aliphatic rings. The fourth-order valence-electron chi connectivity index (χ4n) is 1.40. The molecule has 0 fully saturated rings. The summed E-state index contributed by atoms with van der Waals surface area (Å²) in [5.41, 5.74) is 1.19. The maximum absolute atomic E-state index is 4.32. The molecule has 0 amide bonds. The molecule has 0 bridgehead atoms. The van der Waals surface area contributed by atoms with E-state index in [0.717, 1.165) is 12.2 Å². The second-order valence-electron chi connectivity index (χ2n) is 4.16. The van der Waals surface area contributed by atoms with Crippen LogP contribution in [0.1, 0.15) is 25.8 Å². The van der Waals surface area contributed by atoms with Crippen LogP contribution in [0.5, 0.6) is 0 Å². The number of allylic oxidation sites excluding steroid dienone is 1. The van der Waals surface area contributed by atoms with E-state index in [1.807, 2.05) is 25.3 Å². The topological polar surface area (TPSA) is 24.9 Å². The van der Waals surface area contributed by atoms with Gasteiger partial charge in [-0.3, -0.25) is 0 Å². The molecule has 2 nitrogen and oxygen atoms in total. The van der Waals surface area contributed by atoms with Gasteiger partial charge >= 0.3 is 0 Å². The molecule has 0 aliphatic heterocycles. The van der Waals surface area contributed by atoms with Crippen LogP contribution in [0.4, 0.5) is 5.82 Å². The molecule has 0 aromatic carbocycles. The highest BCUT2D eigenvalue weighted by Gasteiger charge is 2.10. The Kier molecular flexibility index (Phi) is 4.35. The zero-order valence-corrected chi connectivity index (χ0v) is 9.83. The van der Waals surface area contributed by atoms with Crippen LogP contribution < -0.4 is 5.32 Å². The predicted molar refractivity (Wildman–Crippen MR) is 66.0 cm³/mol. The Morgan fingerprint density at radius 2 is 2.20 bits per heavy atom. The second kappa shape index (κ2) is 5.54. The third kappa shape index (κ3) is 3.74. The first-order valence-electron chi connectivity index (χ1n) is 5.43. The second-order valence-corrected chi connectivity index (χ2v) is 4.16. The van der Waals surface area contributed by atoms with E-state index in [-0.39, 0.29) is 0 Å². The lowest BCUT2D eigenvalue weighted by Gasteiger charge is -2.20. The van der Waals surface area contributed by atoms with E-state index in [4.69, 9.17) is 0 Å². The lowest BCUT2D eigenvalue weighted by Crippen LogP contribution is -2.23. The maximum atomic E-state index is 4.32. The molecule has 0 saturated heterocycles. The van der Waals surface area contributed by atoms with Crippen molar-refractivity contribution < 1.29 is 0 Å². The summed E-state index contributed by atoms with van der Waals surface area (Å²) in [4.78, 5) is 4.32. The van der Waals surface area contributed by atoms with Gasteiger partial charge in [0.1, 0.15) is 5.82 Å². The largest absolute Gasteiger partial charge is 0.367 e. The summed E-state index contributed by atoms with van der Waals surface area (Å²) in [7, 11) is 0. The SMILES string of the molecule is C=CCC(C)C(C)Nc1ccc(C)cn1. The molecule has 1 aromatic heterocycles. The molecule has 0 aliphatic carbocycles. The van der Waals surface area contributed by atoms with E-state index >= 15 is 0 Å². The molecule has 2 atom stereocenters. The minimum absolute atomic E-state index is 0.415. The fourth-order valence-corrected chi connectivity index (χ4v) is 1.40. The Bertz CT molecular complexity index is 303. The first-order chi connectivity index (χ1) is 7.13. The molecule has 2 heteroatoms. The Balaban J connectivity index is 2.53. The first-order valence-corrected chi connectivity index (χ1v) is 5.43. The minimum Gasteiger partial charge on any atom is -0.367 e. The van der Waals surface area contributed by atoms with Gasteiger partial charge in [-0.1, -0.05) is 19.1 Å². The van der Waals surface area contributed by atoms with Crippen molar-refractivity contribution in [3.8, 4) is 0 Å². The van der Waals surface area contributed by atoms with Gasteiger partial charge in [0.05, 0.1) is 0 Å². The van der Waals surface area contributed by atoms with E-state index < -0.39 is 0 Å². The average molecular weight is 204 g/mol. The molecule has 1 aromatic rings. The number of hydrogen-bond donors (Lipinski definition) is 1. The summed E-state index contributed by atoms with van der Waals surface area (Å²) in [5, 5.41) is 3.39. The zero-order valence-electron chi connectivity index (χ0n) is 9.83. The Hall–Kier alpha value is -1.31. The van der Waals surface area contributed by atoms with Gasteiger partial charge in [0, 0.05) is 12.2 Å². The first kappa shape index (κ1) is 11.8. The normalized spacial score (nSPS) is 14.3. The van der Waals surface area contributed by atoms with Crippen LogP contribution in [0.25, 0.3) is 0 Å². The van der Waals surface area contributed by atoms with E-state index in [1.54, 1.807) is 0 Å². The number of nitrogens with one attached hydrogen (secondary N) is 1. The number of rotatable bonds is 5. The number of nitrogens with zero attached hydrogens (tertiary/aromatic N) is 1. The predicted octanol–water partition coefficient (Wildman–Crippen LogP) is 3.40. The lowest BCUT2D eigenvalue weighted by molar-refractivity contribution is 0.516. The monoisotopic (exact) mass is 204 g/mol. The van der Waals surface area contributed by atoms with Gasteiger partial charge in [0.2, 0.25) is 0 Å². The van der Waals surface area contributed by atoms with Crippen LogP contribution in [0.3, 0.4) is 0 Å². The van der Waals surface area contributed by atoms with Crippen molar-refractivity contribution >= 4 is 5.82 Å². The summed E-state index contributed by atoms with van der Waals surface area (Å²) >= 11 is 0. The highest BCUT2D eigenvalue weighted by atomic mass is 15.0. The van der Waals surface area contributed by atoms with Gasteiger partial charge in [-0.15, -0.1) is 6.58 Å². The van der Waals surface area contributed by atoms with Crippen molar-refractivity contribution in [2.75, 3.05) is 5.32 Å². The summed E-state index contributed by atoms with van der Waals surface area (Å²) in [6.07, 6.45) is 4.87. The summed E-state index contributed by atoms with van der Waals surface area (Å²) < 4.78 is 0. The van der Waals surface area contributed by atoms with Crippen LogP contribution in [-0.2, 0) is 0 Å². The van der Waals surface area contributed by atoms with Crippen molar-refractivity contribution in [3.63, 3.8) is 0 Å². The summed E-state index contributed by atoms with van der Waals surface area (Å²) in [5.74, 6) is 1.52. The molecule has 0 saturated carbocycles. The third-order valence-corrected chi connectivity index (χ3v) is 2.68. The van der Waals surface area contributed by atoms with Crippen molar-refractivity contribution in [2.45, 2.75) is 33.2 Å². The summed E-state index contributed by atoms with van der Waals surface area (Å²) in [6, 6.07) is 4.50. The number of hydrogen-bond acceptors (Lipinski definition) is 2. The summed E-state index contributed by atoms with van der Waals surface area (Å²) in [6.45, 7) is 10.2. The van der Waals surface area contributed by atoms with E-state index in [2.05, 4.69) is 36.8 Å². The van der Waals surface area contributed by atoms with Gasteiger partial charge in [-0.25, -0.2) is 4.98 Å². The fraction of sp³-hybridized carbons (Fsp3) is 0.462. The maximum Gasteiger partial charge on any atom is 0.126 e. The highest BCUT2D eigenvalue weighted by Crippen LogP contribution is 2.13. The number of aryl methyl sites for hydroxylation is 1. The third-order valence-electron chi connectivity index (χ3n) is 2.68. The van der Waals surface area contributed by atoms with E-state index in [9.17, 15) is 0 Å². The van der Waals surface area contributed by atoms with E-state index in [0.29, 0.717) is 12.0 Å². The molecule has 2 unspecified atom stereocenters. The minimum atomic E-state index is 0.415. The molecule has 1 rings (SSSR count). The number of anilines is 1. The van der Waals surface area contributed by atoms with Gasteiger partial charge in [0.15, 0.2) is 0 Å². The quantitative estimate of drug-likeness (QED) is 0.743. The molecule has 82 valence electrons. The number of aromatic nitrogens is 1. The molecular weight excluding hydrogens is 184 g/mol. The van der Waals surface area contributed by atoms with Gasteiger partial charge < -0.3 is 5.32 Å². The molecule has 0 spiro atoms. The van der Waals surface area contributed by atoms with Crippen LogP contribution in [0, 0.1) is 12.8 Å². The van der Waals surface area contributed by atoms with Crippen molar-refractivity contribution in [1.82, 2.24) is 4.98 Å². The van der Waals surface area contributed by atoms with Crippen LogP contribution >= 0.6 is 0 Å². The number of pyridine rings is 1. The van der Waals surface area contributed by atoms with Crippen LogP contribution in [0.15, 0.2) is 31.0 Å².